The summed E-state index contributed by atoms with van der Waals surface area (Å²) in [5.74, 6) is -0.430. The highest BCUT2D eigenvalue weighted by molar-refractivity contribution is 7.47. The number of hydrogen-bond donors (Lipinski definition) is 2. The summed E-state index contributed by atoms with van der Waals surface area (Å²) in [5, 5.41) is 0. The Kier molecular flexibility index (Phi) is 40.7. The SMILES string of the molecule is CCCCCCCCC=CCC=CCC=CCC=CCCC(=O)OC(COC=CCCCCCCCCCCCCCCCC)COP(=O)(O)OCCN. The maximum atomic E-state index is 12.5. The van der Waals surface area contributed by atoms with E-state index in [4.69, 9.17) is 24.3 Å². The number of ether oxygens (including phenoxy) is 2. The number of esters is 1. The molecule has 9 heteroatoms. The van der Waals surface area contributed by atoms with Crippen LogP contribution in [0, 0.1) is 0 Å². The molecule has 0 saturated carbocycles. The predicted molar refractivity (Wildman–Crippen MR) is 228 cm³/mol. The summed E-state index contributed by atoms with van der Waals surface area (Å²) in [5.41, 5.74) is 5.36. The van der Waals surface area contributed by atoms with Crippen LogP contribution in [0.15, 0.2) is 60.9 Å². The van der Waals surface area contributed by atoms with E-state index in [1.807, 2.05) is 18.2 Å². The van der Waals surface area contributed by atoms with Crippen LogP contribution in [0.4, 0.5) is 0 Å². The molecular formula is C45H82NO7P. The number of phosphoric acid groups is 1. The monoisotopic (exact) mass is 780 g/mol. The van der Waals surface area contributed by atoms with Crippen molar-refractivity contribution in [2.24, 2.45) is 5.73 Å². The topological polar surface area (TPSA) is 117 Å². The zero-order chi connectivity index (χ0) is 39.5. The number of hydrogen-bond acceptors (Lipinski definition) is 7. The molecule has 0 aliphatic rings. The first-order valence-corrected chi connectivity index (χ1v) is 23.3. The van der Waals surface area contributed by atoms with E-state index in [9.17, 15) is 14.3 Å². The van der Waals surface area contributed by atoms with Crippen molar-refractivity contribution in [3.63, 3.8) is 0 Å². The molecule has 0 rings (SSSR count). The number of carbonyl (C=O) groups is 1. The van der Waals surface area contributed by atoms with Crippen molar-refractivity contribution in [2.75, 3.05) is 26.4 Å². The molecule has 54 heavy (non-hydrogen) atoms. The van der Waals surface area contributed by atoms with Gasteiger partial charge in [0, 0.05) is 13.0 Å². The van der Waals surface area contributed by atoms with Crippen molar-refractivity contribution in [1.82, 2.24) is 0 Å². The number of nitrogens with two attached hydrogens (primary N) is 1. The van der Waals surface area contributed by atoms with E-state index in [2.05, 4.69) is 50.3 Å². The highest BCUT2D eigenvalue weighted by Crippen LogP contribution is 2.43. The number of rotatable bonds is 41. The van der Waals surface area contributed by atoms with Gasteiger partial charge in [0.25, 0.3) is 0 Å². The lowest BCUT2D eigenvalue weighted by atomic mass is 10.0. The van der Waals surface area contributed by atoms with Crippen LogP contribution in [0.3, 0.4) is 0 Å². The zero-order valence-electron chi connectivity index (χ0n) is 34.7. The molecule has 0 amide bonds. The van der Waals surface area contributed by atoms with Gasteiger partial charge in [-0.25, -0.2) is 4.57 Å². The van der Waals surface area contributed by atoms with Crippen LogP contribution in [-0.2, 0) is 27.9 Å². The van der Waals surface area contributed by atoms with Gasteiger partial charge in [-0.05, 0) is 57.4 Å². The molecule has 0 bridgehead atoms. The molecule has 0 heterocycles. The fourth-order valence-corrected chi connectivity index (χ4v) is 6.56. The summed E-state index contributed by atoms with van der Waals surface area (Å²) in [6, 6.07) is 0. The van der Waals surface area contributed by atoms with Crippen LogP contribution in [-0.4, -0.2) is 43.3 Å². The molecule has 2 unspecified atom stereocenters. The molecule has 2 atom stereocenters. The minimum atomic E-state index is -4.31. The summed E-state index contributed by atoms with van der Waals surface area (Å²) in [7, 11) is -4.31. The van der Waals surface area contributed by atoms with Gasteiger partial charge in [0.15, 0.2) is 6.10 Å². The van der Waals surface area contributed by atoms with Crippen molar-refractivity contribution in [2.45, 2.75) is 193 Å². The second-order valence-corrected chi connectivity index (χ2v) is 15.7. The Morgan fingerprint density at radius 2 is 1.00 bits per heavy atom. The average molecular weight is 780 g/mol. The van der Waals surface area contributed by atoms with Crippen molar-refractivity contribution < 1.29 is 32.8 Å². The Morgan fingerprint density at radius 1 is 0.574 bits per heavy atom. The van der Waals surface area contributed by atoms with Crippen molar-refractivity contribution in [1.29, 1.82) is 0 Å². The van der Waals surface area contributed by atoms with Gasteiger partial charge in [-0.2, -0.15) is 0 Å². The normalized spacial score (nSPS) is 14.0. The molecule has 3 N–H and O–H groups in total. The Balaban J connectivity index is 4.21. The summed E-state index contributed by atoms with van der Waals surface area (Å²) >= 11 is 0. The van der Waals surface area contributed by atoms with Gasteiger partial charge in [0.2, 0.25) is 0 Å². The first-order chi connectivity index (χ1) is 26.4. The van der Waals surface area contributed by atoms with Gasteiger partial charge in [-0.1, -0.05) is 178 Å². The summed E-state index contributed by atoms with van der Waals surface area (Å²) in [4.78, 5) is 22.4. The van der Waals surface area contributed by atoms with E-state index in [1.54, 1.807) is 6.26 Å². The minimum Gasteiger partial charge on any atom is -0.498 e. The van der Waals surface area contributed by atoms with E-state index in [0.29, 0.717) is 6.42 Å². The molecule has 314 valence electrons. The Hall–Kier alpha value is -1.96. The van der Waals surface area contributed by atoms with Crippen molar-refractivity contribution >= 4 is 13.8 Å². The number of unbranched alkanes of at least 4 members (excludes halogenated alkanes) is 20. The van der Waals surface area contributed by atoms with Gasteiger partial charge in [-0.15, -0.1) is 0 Å². The van der Waals surface area contributed by atoms with Gasteiger partial charge in [0.05, 0.1) is 19.5 Å². The van der Waals surface area contributed by atoms with Crippen LogP contribution < -0.4 is 5.73 Å². The smallest absolute Gasteiger partial charge is 0.472 e. The minimum absolute atomic E-state index is 0.00241. The lowest BCUT2D eigenvalue weighted by Gasteiger charge is -2.19. The van der Waals surface area contributed by atoms with Crippen LogP contribution in [0.1, 0.15) is 187 Å². The van der Waals surface area contributed by atoms with Gasteiger partial charge < -0.3 is 20.1 Å². The highest BCUT2D eigenvalue weighted by atomic mass is 31.2. The highest BCUT2D eigenvalue weighted by Gasteiger charge is 2.25. The van der Waals surface area contributed by atoms with Gasteiger partial charge in [0.1, 0.15) is 6.61 Å². The molecule has 0 radical (unpaired) electrons. The van der Waals surface area contributed by atoms with Crippen LogP contribution in [0.5, 0.6) is 0 Å². The number of allylic oxidation sites excluding steroid dienone is 9. The Bertz CT molecular complexity index is 1010. The summed E-state index contributed by atoms with van der Waals surface area (Å²) < 4.78 is 33.1. The van der Waals surface area contributed by atoms with E-state index in [0.717, 1.165) is 32.1 Å². The molecule has 0 saturated heterocycles. The quantitative estimate of drug-likeness (QED) is 0.0207. The van der Waals surface area contributed by atoms with E-state index in [1.165, 1.54) is 128 Å². The molecular weight excluding hydrogens is 697 g/mol. The second kappa shape index (κ2) is 42.2. The van der Waals surface area contributed by atoms with E-state index >= 15 is 0 Å². The Morgan fingerprint density at radius 3 is 1.48 bits per heavy atom. The van der Waals surface area contributed by atoms with Gasteiger partial charge >= 0.3 is 13.8 Å². The molecule has 0 fully saturated rings. The largest absolute Gasteiger partial charge is 0.498 e. The van der Waals surface area contributed by atoms with Gasteiger partial charge in [-0.3, -0.25) is 13.8 Å². The zero-order valence-corrected chi connectivity index (χ0v) is 35.6. The molecule has 0 aromatic carbocycles. The van der Waals surface area contributed by atoms with Crippen molar-refractivity contribution in [3.8, 4) is 0 Å². The fraction of sp³-hybridized carbons (Fsp3) is 0.756. The third-order valence-corrected chi connectivity index (χ3v) is 10.00. The molecule has 0 aromatic rings. The van der Waals surface area contributed by atoms with E-state index < -0.39 is 19.9 Å². The van der Waals surface area contributed by atoms with Crippen molar-refractivity contribution in [3.05, 3.63) is 60.9 Å². The first kappa shape index (κ1) is 52.0. The maximum absolute atomic E-state index is 12.5. The molecule has 0 aromatic heterocycles. The lowest BCUT2D eigenvalue weighted by molar-refractivity contribution is -0.153. The maximum Gasteiger partial charge on any atom is 0.472 e. The predicted octanol–water partition coefficient (Wildman–Crippen LogP) is 13.3. The third-order valence-electron chi connectivity index (χ3n) is 9.02. The first-order valence-electron chi connectivity index (χ1n) is 21.8. The van der Waals surface area contributed by atoms with Crippen LogP contribution in [0.2, 0.25) is 0 Å². The summed E-state index contributed by atoms with van der Waals surface area (Å²) in [6.45, 7) is 4.15. The standard InChI is InChI=1S/C45H82NO7P/c1-3-5-7-9-11-13-15-17-19-21-22-23-24-26-28-30-32-34-36-38-45(47)53-44(43-52-54(48,49)51-41-39-46)42-50-40-37-35-33-31-29-27-25-20-18-16-14-12-10-8-6-4-2/h17,19,22-23,26,28,32,34,37,40,44H,3-16,18,20-21,24-25,27,29-31,33,35-36,38-39,41-43,46H2,1-2H3,(H,48,49). The van der Waals surface area contributed by atoms with Crippen LogP contribution >= 0.6 is 7.82 Å². The number of carbonyl (C=O) groups excluding carboxylic acids is 1. The second-order valence-electron chi connectivity index (χ2n) is 14.3. The fourth-order valence-electron chi connectivity index (χ4n) is 5.79. The lowest BCUT2D eigenvalue weighted by Crippen LogP contribution is -2.27. The molecule has 8 nitrogen and oxygen atoms in total. The van der Waals surface area contributed by atoms with Crippen LogP contribution in [0.25, 0.3) is 0 Å². The average Bonchev–Trinajstić information content (AvgIpc) is 3.16. The molecule has 0 spiro atoms. The molecule has 0 aliphatic heterocycles. The molecule has 0 aliphatic carbocycles. The van der Waals surface area contributed by atoms with E-state index in [-0.39, 0.29) is 32.8 Å². The summed E-state index contributed by atoms with van der Waals surface area (Å²) in [6.07, 6.45) is 52.0. The number of phosphoric ester groups is 1. The Labute approximate surface area is 332 Å². The third kappa shape index (κ3) is 41.2.